The van der Waals surface area contributed by atoms with E-state index in [4.69, 9.17) is 22.1 Å². The van der Waals surface area contributed by atoms with Gasteiger partial charge in [0.05, 0.1) is 16.3 Å². The SMILES string of the molecule is C=CCOc1ccc(-c2nn(-c3ccccc3)cc2/C=C2\SC(=S)N([C@@H](C)CC)C2=O)cc1. The number of benzene rings is 2. The predicted molar refractivity (Wildman–Crippen MR) is 139 cm³/mol. The molecule has 1 atom stereocenters. The molecule has 0 radical (unpaired) electrons. The molecule has 0 unspecified atom stereocenters. The first-order chi connectivity index (χ1) is 16.0. The molecule has 2 aromatic carbocycles. The van der Waals surface area contributed by atoms with E-state index in [0.29, 0.717) is 15.8 Å². The second-order valence-electron chi connectivity index (χ2n) is 7.65. The highest BCUT2D eigenvalue weighted by Gasteiger charge is 2.35. The largest absolute Gasteiger partial charge is 0.490 e. The van der Waals surface area contributed by atoms with Gasteiger partial charge in [0.15, 0.2) is 0 Å². The van der Waals surface area contributed by atoms with E-state index in [2.05, 4.69) is 13.5 Å². The van der Waals surface area contributed by atoms with Gasteiger partial charge in [0.2, 0.25) is 0 Å². The number of carbonyl (C=O) groups is 1. The average molecular weight is 476 g/mol. The number of amides is 1. The quantitative estimate of drug-likeness (QED) is 0.224. The first-order valence-corrected chi connectivity index (χ1v) is 12.0. The highest BCUT2D eigenvalue weighted by molar-refractivity contribution is 8.26. The zero-order valence-corrected chi connectivity index (χ0v) is 20.2. The van der Waals surface area contributed by atoms with Crippen molar-refractivity contribution in [3.05, 3.63) is 83.9 Å². The molecule has 3 aromatic rings. The number of hydrogen-bond donors (Lipinski definition) is 0. The first-order valence-electron chi connectivity index (χ1n) is 10.8. The van der Waals surface area contributed by atoms with Gasteiger partial charge < -0.3 is 4.74 Å². The zero-order chi connectivity index (χ0) is 23.4. The minimum absolute atomic E-state index is 0.0501. The Bertz CT molecular complexity index is 1200. The lowest BCUT2D eigenvalue weighted by Gasteiger charge is -2.21. The number of aromatic nitrogens is 2. The van der Waals surface area contributed by atoms with E-state index in [1.807, 2.05) is 78.5 Å². The van der Waals surface area contributed by atoms with Gasteiger partial charge in [-0.3, -0.25) is 9.69 Å². The van der Waals surface area contributed by atoms with Gasteiger partial charge in [0.1, 0.15) is 16.7 Å². The first kappa shape index (κ1) is 23.0. The molecule has 1 saturated heterocycles. The second-order valence-corrected chi connectivity index (χ2v) is 9.32. The molecule has 1 aliphatic rings. The lowest BCUT2D eigenvalue weighted by atomic mass is 10.1. The number of nitrogens with zero attached hydrogens (tertiary/aromatic N) is 3. The average Bonchev–Trinajstić information content (AvgIpc) is 3.38. The predicted octanol–water partition coefficient (Wildman–Crippen LogP) is 6.10. The van der Waals surface area contributed by atoms with E-state index >= 15 is 0 Å². The number of rotatable bonds is 8. The minimum atomic E-state index is -0.0501. The molecule has 33 heavy (non-hydrogen) atoms. The van der Waals surface area contributed by atoms with Crippen molar-refractivity contribution in [1.29, 1.82) is 0 Å². The van der Waals surface area contributed by atoms with Crippen molar-refractivity contribution in [2.75, 3.05) is 6.61 Å². The highest BCUT2D eigenvalue weighted by atomic mass is 32.2. The molecule has 0 N–H and O–H groups in total. The van der Waals surface area contributed by atoms with Crippen LogP contribution in [0.25, 0.3) is 23.0 Å². The van der Waals surface area contributed by atoms with Crippen LogP contribution in [0.5, 0.6) is 5.75 Å². The number of para-hydroxylation sites is 1. The summed E-state index contributed by atoms with van der Waals surface area (Å²) in [4.78, 5) is 15.4. The number of thioether (sulfide) groups is 1. The smallest absolute Gasteiger partial charge is 0.266 e. The number of carbonyl (C=O) groups excluding carboxylic acids is 1. The third kappa shape index (κ3) is 4.94. The molecule has 2 heterocycles. The van der Waals surface area contributed by atoms with Gasteiger partial charge in [0.25, 0.3) is 5.91 Å². The Morgan fingerprint density at radius 3 is 2.58 bits per heavy atom. The van der Waals surface area contributed by atoms with Gasteiger partial charge in [-0.05, 0) is 55.8 Å². The number of hydrogen-bond acceptors (Lipinski definition) is 5. The van der Waals surface area contributed by atoms with E-state index in [-0.39, 0.29) is 11.9 Å². The molecule has 0 bridgehead atoms. The summed E-state index contributed by atoms with van der Waals surface area (Å²) in [5, 5.41) is 4.85. The van der Waals surface area contributed by atoms with Crippen LogP contribution in [0.15, 0.2) is 78.4 Å². The molecule has 0 saturated carbocycles. The summed E-state index contributed by atoms with van der Waals surface area (Å²) in [5.74, 6) is 0.711. The Kier molecular flexibility index (Phi) is 7.11. The maximum Gasteiger partial charge on any atom is 0.266 e. The van der Waals surface area contributed by atoms with Crippen LogP contribution < -0.4 is 4.74 Å². The monoisotopic (exact) mass is 475 g/mol. The fraction of sp³-hybridized carbons (Fsp3) is 0.192. The van der Waals surface area contributed by atoms with E-state index in [0.717, 1.165) is 34.7 Å². The molecule has 1 aliphatic heterocycles. The Morgan fingerprint density at radius 1 is 1.18 bits per heavy atom. The highest BCUT2D eigenvalue weighted by Crippen LogP contribution is 2.36. The minimum Gasteiger partial charge on any atom is -0.490 e. The topological polar surface area (TPSA) is 47.4 Å². The van der Waals surface area contributed by atoms with Gasteiger partial charge in [-0.25, -0.2) is 4.68 Å². The second kappa shape index (κ2) is 10.2. The lowest BCUT2D eigenvalue weighted by molar-refractivity contribution is -0.123. The summed E-state index contributed by atoms with van der Waals surface area (Å²) >= 11 is 6.84. The van der Waals surface area contributed by atoms with Gasteiger partial charge in [-0.15, -0.1) is 0 Å². The van der Waals surface area contributed by atoms with Crippen LogP contribution in [0.4, 0.5) is 0 Å². The van der Waals surface area contributed by atoms with E-state index in [1.165, 1.54) is 11.8 Å². The Labute approximate surface area is 203 Å². The van der Waals surface area contributed by atoms with Crippen molar-refractivity contribution in [3.8, 4) is 22.7 Å². The van der Waals surface area contributed by atoms with E-state index < -0.39 is 0 Å². The van der Waals surface area contributed by atoms with Gasteiger partial charge in [-0.2, -0.15) is 5.10 Å². The maximum atomic E-state index is 13.1. The van der Waals surface area contributed by atoms with Crippen LogP contribution in [-0.2, 0) is 4.79 Å². The molecular formula is C26H25N3O2S2. The van der Waals surface area contributed by atoms with Gasteiger partial charge in [-0.1, -0.05) is 61.8 Å². The molecule has 7 heteroatoms. The molecule has 4 rings (SSSR count). The number of thiocarbonyl (C=S) groups is 1. The molecule has 1 aromatic heterocycles. The van der Waals surface area contributed by atoms with E-state index in [9.17, 15) is 4.79 Å². The lowest BCUT2D eigenvalue weighted by Crippen LogP contribution is -2.36. The fourth-order valence-electron chi connectivity index (χ4n) is 3.48. The standard InChI is InChI=1S/C26H25N3O2S2/c1-4-15-31-22-13-11-19(12-14-22)24-20(17-28(27-24)21-9-7-6-8-10-21)16-23-25(30)29(18(3)5-2)26(32)33-23/h4,6-14,16-18H,1,5,15H2,2-3H3/b23-16-/t18-/m0/s1. The van der Waals surface area contributed by atoms with Crippen LogP contribution in [-0.4, -0.2) is 37.6 Å². The third-order valence-corrected chi connectivity index (χ3v) is 6.73. The van der Waals surface area contributed by atoms with Crippen LogP contribution in [0.2, 0.25) is 0 Å². The van der Waals surface area contributed by atoms with Gasteiger partial charge in [0, 0.05) is 23.4 Å². The van der Waals surface area contributed by atoms with Crippen LogP contribution in [0.1, 0.15) is 25.8 Å². The van der Waals surface area contributed by atoms with Crippen molar-refractivity contribution in [2.24, 2.45) is 0 Å². The molecule has 0 spiro atoms. The maximum absolute atomic E-state index is 13.1. The van der Waals surface area contributed by atoms with Crippen molar-refractivity contribution in [3.63, 3.8) is 0 Å². The fourth-order valence-corrected chi connectivity index (χ4v) is 4.93. The summed E-state index contributed by atoms with van der Waals surface area (Å²) in [6.07, 6.45) is 6.40. The van der Waals surface area contributed by atoms with Crippen molar-refractivity contribution >= 4 is 40.3 Å². The Morgan fingerprint density at radius 2 is 1.91 bits per heavy atom. The zero-order valence-electron chi connectivity index (χ0n) is 18.6. The molecule has 0 aliphatic carbocycles. The summed E-state index contributed by atoms with van der Waals surface area (Å²) in [5.41, 5.74) is 3.50. The van der Waals surface area contributed by atoms with Crippen molar-refractivity contribution in [2.45, 2.75) is 26.3 Å². The summed E-state index contributed by atoms with van der Waals surface area (Å²) < 4.78 is 8.04. The molecule has 1 amide bonds. The van der Waals surface area contributed by atoms with Crippen molar-refractivity contribution < 1.29 is 9.53 Å². The Hall–Kier alpha value is -3.16. The van der Waals surface area contributed by atoms with Gasteiger partial charge >= 0.3 is 0 Å². The van der Waals surface area contributed by atoms with Crippen LogP contribution in [0, 0.1) is 0 Å². The summed E-state index contributed by atoms with van der Waals surface area (Å²) in [7, 11) is 0. The molecular weight excluding hydrogens is 450 g/mol. The molecule has 1 fully saturated rings. The Balaban J connectivity index is 1.75. The third-order valence-electron chi connectivity index (χ3n) is 5.40. The normalized spacial score (nSPS) is 15.8. The summed E-state index contributed by atoms with van der Waals surface area (Å²) in [6.45, 7) is 8.20. The van der Waals surface area contributed by atoms with Crippen molar-refractivity contribution in [1.82, 2.24) is 14.7 Å². The van der Waals surface area contributed by atoms with E-state index in [1.54, 1.807) is 11.0 Å². The summed E-state index contributed by atoms with van der Waals surface area (Å²) in [6, 6.07) is 17.7. The van der Waals surface area contributed by atoms with Crippen LogP contribution in [0.3, 0.4) is 0 Å². The molecule has 5 nitrogen and oxygen atoms in total. The van der Waals surface area contributed by atoms with Crippen LogP contribution >= 0.6 is 24.0 Å². The number of ether oxygens (including phenoxy) is 1. The molecule has 168 valence electrons.